The van der Waals surface area contributed by atoms with Crippen LogP contribution in [-0.2, 0) is 0 Å². The van der Waals surface area contributed by atoms with E-state index in [1.807, 2.05) is 17.7 Å². The van der Waals surface area contributed by atoms with Gasteiger partial charge < -0.3 is 5.32 Å². The molecule has 0 saturated carbocycles. The number of benzene rings is 4. The summed E-state index contributed by atoms with van der Waals surface area (Å²) < 4.78 is 1.30. The Morgan fingerprint density at radius 1 is 0.759 bits per heavy atom. The fourth-order valence-electron chi connectivity index (χ4n) is 4.24. The summed E-state index contributed by atoms with van der Waals surface area (Å²) in [5.41, 5.74) is 4.91. The highest BCUT2D eigenvalue weighted by molar-refractivity contribution is 7.20. The Balaban J connectivity index is 1.50. The molecule has 1 unspecified atom stereocenters. The van der Waals surface area contributed by atoms with Crippen LogP contribution < -0.4 is 5.32 Å². The first-order valence-electron chi connectivity index (χ1n) is 9.76. The minimum absolute atomic E-state index is 0.0265. The highest BCUT2D eigenvalue weighted by Crippen LogP contribution is 2.45. The van der Waals surface area contributed by atoms with Crippen molar-refractivity contribution in [3.05, 3.63) is 101 Å². The maximum atomic E-state index is 4.81. The van der Waals surface area contributed by atoms with E-state index in [2.05, 4.69) is 96.3 Å². The average Bonchev–Trinajstić information content (AvgIpc) is 3.18. The van der Waals surface area contributed by atoms with Gasteiger partial charge in [0, 0.05) is 10.1 Å². The summed E-state index contributed by atoms with van der Waals surface area (Å²) in [6, 6.07) is 32.5. The van der Waals surface area contributed by atoms with E-state index in [-0.39, 0.29) is 6.04 Å². The average molecular weight is 391 g/mol. The molecule has 1 aliphatic heterocycles. The van der Waals surface area contributed by atoms with Crippen LogP contribution in [0.4, 0.5) is 5.69 Å². The molecule has 1 atom stereocenters. The topological polar surface area (TPSA) is 24.4 Å². The highest BCUT2D eigenvalue weighted by atomic mass is 32.1. The molecule has 3 heteroatoms. The Labute approximate surface area is 173 Å². The number of fused-ring (bicyclic) bond motifs is 4. The van der Waals surface area contributed by atoms with Crippen molar-refractivity contribution in [2.45, 2.75) is 6.04 Å². The van der Waals surface area contributed by atoms with Gasteiger partial charge in [0.15, 0.2) is 0 Å². The molecule has 0 bridgehead atoms. The summed E-state index contributed by atoms with van der Waals surface area (Å²) in [6.07, 6.45) is 1.84. The van der Waals surface area contributed by atoms with Gasteiger partial charge in [-0.25, -0.2) is 0 Å². The summed E-state index contributed by atoms with van der Waals surface area (Å²) in [5.74, 6) is 0. The van der Waals surface area contributed by atoms with Gasteiger partial charge in [-0.15, -0.1) is 11.3 Å². The third-order valence-electron chi connectivity index (χ3n) is 5.61. The normalized spacial score (nSPS) is 15.4. The predicted molar refractivity (Wildman–Crippen MR) is 125 cm³/mol. The lowest BCUT2D eigenvalue weighted by Crippen LogP contribution is -2.09. The number of rotatable bonds is 2. The van der Waals surface area contributed by atoms with Gasteiger partial charge in [0.2, 0.25) is 0 Å². The highest BCUT2D eigenvalue weighted by Gasteiger charge is 2.24. The summed E-state index contributed by atoms with van der Waals surface area (Å²) >= 11 is 1.83. The van der Waals surface area contributed by atoms with Crippen molar-refractivity contribution in [3.63, 3.8) is 0 Å². The van der Waals surface area contributed by atoms with Crippen LogP contribution in [0, 0.1) is 0 Å². The Hall–Kier alpha value is -3.43. The summed E-state index contributed by atoms with van der Waals surface area (Å²) in [7, 11) is 0. The van der Waals surface area contributed by atoms with E-state index in [9.17, 15) is 0 Å². The predicted octanol–water partition coefficient (Wildman–Crippen LogP) is 7.26. The molecule has 4 aromatic carbocycles. The first-order chi connectivity index (χ1) is 14.4. The van der Waals surface area contributed by atoms with Gasteiger partial charge in [-0.05, 0) is 39.6 Å². The second-order valence-corrected chi connectivity index (χ2v) is 8.40. The van der Waals surface area contributed by atoms with Gasteiger partial charge in [-0.2, -0.15) is 0 Å². The molecule has 1 aliphatic rings. The number of nitrogens with one attached hydrogen (secondary N) is 1. The summed E-state index contributed by atoms with van der Waals surface area (Å²) in [5, 5.41) is 7.19. The van der Waals surface area contributed by atoms with Crippen LogP contribution >= 0.6 is 11.3 Å². The van der Waals surface area contributed by atoms with E-state index < -0.39 is 0 Å². The van der Waals surface area contributed by atoms with E-state index in [4.69, 9.17) is 4.99 Å². The Morgan fingerprint density at radius 2 is 1.55 bits per heavy atom. The Bertz CT molecular complexity index is 1390. The Kier molecular flexibility index (Phi) is 3.74. The second-order valence-electron chi connectivity index (χ2n) is 7.31. The monoisotopic (exact) mass is 390 g/mol. The van der Waals surface area contributed by atoms with Crippen LogP contribution in [0.15, 0.2) is 96.0 Å². The molecular weight excluding hydrogens is 372 g/mol. The van der Waals surface area contributed by atoms with Crippen molar-refractivity contribution in [3.8, 4) is 11.1 Å². The lowest BCUT2D eigenvalue weighted by atomic mass is 9.94. The standard InChI is InChI=1S/C26H18N2S/c1-2-11-20-17(7-1)8-6-13-21(20)18-9-5-10-19(15-18)24-26-25(28-16-27-24)22-12-3-4-14-23(22)29-26/h1-16,24H,(H,27,28). The second kappa shape index (κ2) is 6.57. The minimum atomic E-state index is 0.0265. The van der Waals surface area contributed by atoms with Gasteiger partial charge in [-0.1, -0.05) is 78.9 Å². The van der Waals surface area contributed by atoms with Gasteiger partial charge >= 0.3 is 0 Å². The van der Waals surface area contributed by atoms with Crippen molar-refractivity contribution in [1.29, 1.82) is 0 Å². The Morgan fingerprint density at radius 3 is 2.52 bits per heavy atom. The SMILES string of the molecule is C1=NC(c2cccc(-c3cccc4ccccc34)c2)c2sc3ccccc3c2N1. The number of hydrogen-bond acceptors (Lipinski definition) is 3. The molecule has 1 aromatic heterocycles. The van der Waals surface area contributed by atoms with Gasteiger partial charge in [0.1, 0.15) is 6.04 Å². The van der Waals surface area contributed by atoms with Crippen molar-refractivity contribution < 1.29 is 0 Å². The van der Waals surface area contributed by atoms with E-state index in [1.54, 1.807) is 0 Å². The van der Waals surface area contributed by atoms with Crippen LogP contribution in [0.2, 0.25) is 0 Å². The molecular formula is C26H18N2S. The molecule has 2 nitrogen and oxygen atoms in total. The van der Waals surface area contributed by atoms with Crippen molar-refractivity contribution in [2.24, 2.45) is 4.99 Å². The molecule has 0 saturated heterocycles. The molecule has 0 aliphatic carbocycles. The zero-order chi connectivity index (χ0) is 19.2. The summed E-state index contributed by atoms with van der Waals surface area (Å²) in [4.78, 5) is 6.09. The third kappa shape index (κ3) is 2.66. The first kappa shape index (κ1) is 16.5. The molecule has 2 heterocycles. The van der Waals surface area contributed by atoms with Crippen molar-refractivity contribution >= 4 is 44.2 Å². The molecule has 0 amide bonds. The van der Waals surface area contributed by atoms with Gasteiger partial charge in [-0.3, -0.25) is 4.99 Å². The maximum absolute atomic E-state index is 4.81. The molecule has 0 spiro atoms. The fraction of sp³-hybridized carbons (Fsp3) is 0.0385. The quantitative estimate of drug-likeness (QED) is 0.337. The molecule has 1 N–H and O–H groups in total. The van der Waals surface area contributed by atoms with E-state index in [0.29, 0.717) is 0 Å². The summed E-state index contributed by atoms with van der Waals surface area (Å²) in [6.45, 7) is 0. The number of thiophene rings is 1. The molecule has 138 valence electrons. The zero-order valence-electron chi connectivity index (χ0n) is 15.7. The minimum Gasteiger partial charge on any atom is -0.345 e. The van der Waals surface area contributed by atoms with Crippen LogP contribution in [0.25, 0.3) is 32.0 Å². The van der Waals surface area contributed by atoms with Crippen LogP contribution in [0.5, 0.6) is 0 Å². The van der Waals surface area contributed by atoms with Crippen LogP contribution in [0.1, 0.15) is 16.5 Å². The molecule has 0 fully saturated rings. The number of anilines is 1. The van der Waals surface area contributed by atoms with E-state index in [0.717, 1.165) is 0 Å². The van der Waals surface area contributed by atoms with Crippen LogP contribution in [-0.4, -0.2) is 6.34 Å². The van der Waals surface area contributed by atoms with E-state index in [1.165, 1.54) is 48.1 Å². The van der Waals surface area contributed by atoms with Crippen molar-refractivity contribution in [1.82, 2.24) is 0 Å². The van der Waals surface area contributed by atoms with Crippen LogP contribution in [0.3, 0.4) is 0 Å². The largest absolute Gasteiger partial charge is 0.345 e. The molecule has 0 radical (unpaired) electrons. The lowest BCUT2D eigenvalue weighted by Gasteiger charge is -2.19. The molecule has 6 rings (SSSR count). The number of hydrogen-bond donors (Lipinski definition) is 1. The lowest BCUT2D eigenvalue weighted by molar-refractivity contribution is 0.894. The first-order valence-corrected chi connectivity index (χ1v) is 10.6. The zero-order valence-corrected chi connectivity index (χ0v) is 16.5. The van der Waals surface area contributed by atoms with Gasteiger partial charge in [0.25, 0.3) is 0 Å². The molecule has 5 aromatic rings. The number of nitrogens with zero attached hydrogens (tertiary/aromatic N) is 1. The maximum Gasteiger partial charge on any atom is 0.113 e. The third-order valence-corrected chi connectivity index (χ3v) is 6.83. The molecule has 29 heavy (non-hydrogen) atoms. The van der Waals surface area contributed by atoms with Crippen molar-refractivity contribution in [2.75, 3.05) is 5.32 Å². The fourth-order valence-corrected chi connectivity index (χ4v) is 5.48. The number of aliphatic imine (C=N–C) groups is 1. The smallest absolute Gasteiger partial charge is 0.113 e. The van der Waals surface area contributed by atoms with Gasteiger partial charge in [0.05, 0.1) is 16.9 Å². The van der Waals surface area contributed by atoms with E-state index >= 15 is 0 Å².